The molecule has 1 rings (SSSR count). The number of hydrogen-bond donors (Lipinski definition) is 0. The van der Waals surface area contributed by atoms with E-state index in [2.05, 4.69) is 4.98 Å². The van der Waals surface area contributed by atoms with Crippen molar-refractivity contribution in [2.24, 2.45) is 0 Å². The first-order chi connectivity index (χ1) is 6.07. The molecule has 0 saturated heterocycles. The van der Waals surface area contributed by atoms with E-state index in [-0.39, 0.29) is 0 Å². The molecule has 0 aliphatic heterocycles. The van der Waals surface area contributed by atoms with Crippen molar-refractivity contribution in [1.82, 2.24) is 4.98 Å². The van der Waals surface area contributed by atoms with Crippen LogP contribution in [0.4, 0.5) is 17.6 Å². The van der Waals surface area contributed by atoms with Crippen LogP contribution in [-0.4, -0.2) is 4.98 Å². The summed E-state index contributed by atoms with van der Waals surface area (Å²) in [5, 5.41) is 8.20. The highest BCUT2D eigenvalue weighted by Gasteiger charge is 2.22. The zero-order valence-corrected chi connectivity index (χ0v) is 6.06. The Labute approximate surface area is 70.4 Å². The molecule has 13 heavy (non-hydrogen) atoms. The van der Waals surface area contributed by atoms with Crippen molar-refractivity contribution < 1.29 is 17.6 Å². The molecule has 0 atom stereocenters. The molecule has 0 unspecified atom stereocenters. The number of aromatic nitrogens is 1. The second kappa shape index (κ2) is 3.39. The lowest BCUT2D eigenvalue weighted by Gasteiger charge is -2.02. The lowest BCUT2D eigenvalue weighted by atomic mass is 10.2. The molecular weight excluding hydrogens is 188 g/mol. The molecule has 0 amide bonds. The predicted octanol–water partition coefficient (Wildman–Crippen LogP) is 2.17. The largest absolute Gasteiger partial charge is 0.269 e. The van der Waals surface area contributed by atoms with E-state index >= 15 is 0 Å². The van der Waals surface area contributed by atoms with Crippen molar-refractivity contribution in [3.8, 4) is 6.07 Å². The zero-order valence-electron chi connectivity index (χ0n) is 6.06. The van der Waals surface area contributed by atoms with Gasteiger partial charge in [0.25, 0.3) is 6.43 Å². The Hall–Kier alpha value is -1.64. The van der Waals surface area contributed by atoms with E-state index in [9.17, 15) is 17.6 Å². The van der Waals surface area contributed by atoms with E-state index in [0.717, 1.165) is 0 Å². The SMILES string of the molecule is N#Cc1ncc(F)c(C(F)F)c1F. The minimum Gasteiger partial charge on any atom is -0.240 e. The second-order valence-electron chi connectivity index (χ2n) is 2.09. The van der Waals surface area contributed by atoms with E-state index in [0.29, 0.717) is 6.20 Å². The molecule has 1 aromatic rings. The summed E-state index contributed by atoms with van der Waals surface area (Å²) in [6.45, 7) is 0. The Morgan fingerprint density at radius 3 is 2.46 bits per heavy atom. The van der Waals surface area contributed by atoms with Gasteiger partial charge < -0.3 is 0 Å². The molecule has 0 bridgehead atoms. The van der Waals surface area contributed by atoms with Gasteiger partial charge in [0.2, 0.25) is 0 Å². The normalized spacial score (nSPS) is 10.2. The first-order valence-electron chi connectivity index (χ1n) is 3.10. The van der Waals surface area contributed by atoms with Crippen LogP contribution in [0.2, 0.25) is 0 Å². The molecule has 1 aromatic heterocycles. The number of pyridine rings is 1. The van der Waals surface area contributed by atoms with Gasteiger partial charge in [0.1, 0.15) is 6.07 Å². The third-order valence-corrected chi connectivity index (χ3v) is 1.33. The molecule has 0 aliphatic rings. The molecule has 0 fully saturated rings. The summed E-state index contributed by atoms with van der Waals surface area (Å²) in [5.74, 6) is -3.05. The maximum atomic E-state index is 12.8. The lowest BCUT2D eigenvalue weighted by molar-refractivity contribution is 0.140. The summed E-state index contributed by atoms with van der Waals surface area (Å²) in [4.78, 5) is 2.99. The minimum atomic E-state index is -3.30. The van der Waals surface area contributed by atoms with Gasteiger partial charge in [0.15, 0.2) is 17.3 Å². The van der Waals surface area contributed by atoms with Crippen LogP contribution in [0.5, 0.6) is 0 Å². The summed E-state index contributed by atoms with van der Waals surface area (Å²) >= 11 is 0. The number of halogens is 4. The van der Waals surface area contributed by atoms with Gasteiger partial charge >= 0.3 is 0 Å². The number of alkyl halides is 2. The van der Waals surface area contributed by atoms with Crippen molar-refractivity contribution in [2.75, 3.05) is 0 Å². The van der Waals surface area contributed by atoms with Crippen molar-refractivity contribution in [1.29, 1.82) is 5.26 Å². The van der Waals surface area contributed by atoms with Crippen LogP contribution in [0.15, 0.2) is 6.20 Å². The van der Waals surface area contributed by atoms with Gasteiger partial charge in [0.05, 0.1) is 11.8 Å². The van der Waals surface area contributed by atoms with Crippen molar-refractivity contribution in [2.45, 2.75) is 6.43 Å². The predicted molar refractivity (Wildman–Crippen MR) is 33.8 cm³/mol. The van der Waals surface area contributed by atoms with Gasteiger partial charge in [-0.1, -0.05) is 0 Å². The Bertz CT molecular complexity index is 369. The monoisotopic (exact) mass is 190 g/mol. The van der Waals surface area contributed by atoms with Gasteiger partial charge in [-0.05, 0) is 0 Å². The van der Waals surface area contributed by atoms with Gasteiger partial charge in [-0.15, -0.1) is 0 Å². The average molecular weight is 190 g/mol. The molecule has 0 spiro atoms. The first kappa shape index (κ1) is 9.45. The number of rotatable bonds is 1. The van der Waals surface area contributed by atoms with Crippen LogP contribution < -0.4 is 0 Å². The standard InChI is InChI=1S/C7H2F4N2/c8-3-2-13-4(1-12)6(9)5(3)7(10)11/h2,7H. The summed E-state index contributed by atoms with van der Waals surface area (Å²) in [5.41, 5.74) is -2.25. The fourth-order valence-corrected chi connectivity index (χ4v) is 0.758. The number of nitriles is 1. The molecule has 0 saturated carbocycles. The minimum absolute atomic E-state index is 0.392. The highest BCUT2D eigenvalue weighted by Crippen LogP contribution is 2.25. The number of hydrogen-bond acceptors (Lipinski definition) is 2. The highest BCUT2D eigenvalue weighted by atomic mass is 19.3. The third-order valence-electron chi connectivity index (χ3n) is 1.33. The Kier molecular flexibility index (Phi) is 2.46. The van der Waals surface area contributed by atoms with Gasteiger partial charge in [-0.25, -0.2) is 22.5 Å². The molecule has 1 heterocycles. The number of nitrogens with zero attached hydrogens (tertiary/aromatic N) is 2. The average Bonchev–Trinajstić information content (AvgIpc) is 2.04. The Morgan fingerprint density at radius 2 is 2.00 bits per heavy atom. The van der Waals surface area contributed by atoms with E-state index in [1.54, 1.807) is 0 Å². The fourth-order valence-electron chi connectivity index (χ4n) is 0.758. The molecule has 2 nitrogen and oxygen atoms in total. The molecule has 68 valence electrons. The Balaban J connectivity index is 3.41. The van der Waals surface area contributed by atoms with E-state index in [4.69, 9.17) is 5.26 Å². The van der Waals surface area contributed by atoms with Crippen LogP contribution >= 0.6 is 0 Å². The summed E-state index contributed by atoms with van der Waals surface area (Å²) in [6, 6.07) is 1.23. The van der Waals surface area contributed by atoms with Crippen LogP contribution in [0.3, 0.4) is 0 Å². The summed E-state index contributed by atoms with van der Waals surface area (Å²) in [6.07, 6.45) is -2.90. The second-order valence-corrected chi connectivity index (χ2v) is 2.09. The quantitative estimate of drug-likeness (QED) is 0.636. The molecule has 0 N–H and O–H groups in total. The fraction of sp³-hybridized carbons (Fsp3) is 0.143. The van der Waals surface area contributed by atoms with E-state index < -0.39 is 29.3 Å². The molecule has 6 heteroatoms. The topological polar surface area (TPSA) is 36.7 Å². The molecule has 0 aliphatic carbocycles. The van der Waals surface area contributed by atoms with Crippen LogP contribution in [-0.2, 0) is 0 Å². The van der Waals surface area contributed by atoms with Crippen molar-refractivity contribution >= 4 is 0 Å². The molecule has 0 radical (unpaired) electrons. The van der Waals surface area contributed by atoms with Crippen LogP contribution in [0, 0.1) is 23.0 Å². The van der Waals surface area contributed by atoms with Crippen LogP contribution in [0.1, 0.15) is 17.7 Å². The van der Waals surface area contributed by atoms with Crippen molar-refractivity contribution in [3.05, 3.63) is 29.1 Å². The zero-order chi connectivity index (χ0) is 10.0. The highest BCUT2D eigenvalue weighted by molar-refractivity contribution is 5.29. The van der Waals surface area contributed by atoms with Crippen LogP contribution in [0.25, 0.3) is 0 Å². The van der Waals surface area contributed by atoms with E-state index in [1.807, 2.05) is 0 Å². The van der Waals surface area contributed by atoms with Crippen molar-refractivity contribution in [3.63, 3.8) is 0 Å². The molecule has 0 aromatic carbocycles. The third kappa shape index (κ3) is 1.59. The molecular formula is C7H2F4N2. The maximum Gasteiger partial charge on any atom is 0.269 e. The van der Waals surface area contributed by atoms with Gasteiger partial charge in [-0.3, -0.25) is 0 Å². The van der Waals surface area contributed by atoms with Gasteiger partial charge in [-0.2, -0.15) is 5.26 Å². The summed E-state index contributed by atoms with van der Waals surface area (Å²) < 4.78 is 49.3. The maximum absolute atomic E-state index is 12.8. The Morgan fingerprint density at radius 1 is 1.38 bits per heavy atom. The van der Waals surface area contributed by atoms with Gasteiger partial charge in [0, 0.05) is 0 Å². The lowest BCUT2D eigenvalue weighted by Crippen LogP contribution is -2.01. The van der Waals surface area contributed by atoms with E-state index in [1.165, 1.54) is 6.07 Å². The first-order valence-corrected chi connectivity index (χ1v) is 3.10. The summed E-state index contributed by atoms with van der Waals surface area (Å²) in [7, 11) is 0. The smallest absolute Gasteiger partial charge is 0.240 e.